The van der Waals surface area contributed by atoms with Gasteiger partial charge in [0.1, 0.15) is 0 Å². The molecule has 2 aromatic rings. The minimum Gasteiger partial charge on any atom is -0.291 e. The van der Waals surface area contributed by atoms with E-state index in [1.54, 1.807) is 6.92 Å². The average molecular weight is 291 g/mol. The molecule has 2 N–H and O–H groups in total. The van der Waals surface area contributed by atoms with Gasteiger partial charge in [0.2, 0.25) is 5.95 Å². The first-order valence-corrected chi connectivity index (χ1v) is 6.62. The summed E-state index contributed by atoms with van der Waals surface area (Å²) in [6.45, 7) is 3.76. The Morgan fingerprint density at radius 2 is 2.10 bits per heavy atom. The van der Waals surface area contributed by atoms with E-state index in [0.717, 1.165) is 17.7 Å². The number of halogens is 1. The molecule has 1 aromatic carbocycles. The zero-order chi connectivity index (χ0) is 14.5. The molecule has 0 aliphatic heterocycles. The smallest absolute Gasteiger partial charge is 0.252 e. The van der Waals surface area contributed by atoms with Gasteiger partial charge < -0.3 is 0 Å². The van der Waals surface area contributed by atoms with Crippen LogP contribution >= 0.6 is 11.6 Å². The molecule has 6 heteroatoms. The van der Waals surface area contributed by atoms with Gasteiger partial charge in [0.25, 0.3) is 5.56 Å². The summed E-state index contributed by atoms with van der Waals surface area (Å²) < 4.78 is 0. The molecule has 0 aliphatic rings. The van der Waals surface area contributed by atoms with Gasteiger partial charge in [0.05, 0.1) is 5.71 Å². The summed E-state index contributed by atoms with van der Waals surface area (Å²) in [4.78, 5) is 18.1. The van der Waals surface area contributed by atoms with Crippen LogP contribution in [0.3, 0.4) is 0 Å². The summed E-state index contributed by atoms with van der Waals surface area (Å²) in [5.41, 5.74) is 5.03. The Hall–Kier alpha value is -2.14. The van der Waals surface area contributed by atoms with E-state index < -0.39 is 0 Å². The van der Waals surface area contributed by atoms with E-state index in [1.165, 1.54) is 6.07 Å². The molecule has 1 heterocycles. The third kappa shape index (κ3) is 3.68. The van der Waals surface area contributed by atoms with Crippen LogP contribution in [0.15, 0.2) is 40.2 Å². The van der Waals surface area contributed by atoms with Gasteiger partial charge in [-0.2, -0.15) is 5.10 Å². The van der Waals surface area contributed by atoms with Gasteiger partial charge in [-0.25, -0.2) is 10.4 Å². The topological polar surface area (TPSA) is 70.1 Å². The minimum absolute atomic E-state index is 0.209. The van der Waals surface area contributed by atoms with E-state index in [0.29, 0.717) is 16.7 Å². The Bertz CT molecular complexity index is 676. The van der Waals surface area contributed by atoms with Crippen LogP contribution < -0.4 is 11.0 Å². The van der Waals surface area contributed by atoms with Crippen LogP contribution in [0.4, 0.5) is 5.95 Å². The van der Waals surface area contributed by atoms with Gasteiger partial charge in [0, 0.05) is 16.8 Å². The van der Waals surface area contributed by atoms with Crippen molar-refractivity contribution in [2.45, 2.75) is 20.3 Å². The van der Waals surface area contributed by atoms with Crippen molar-refractivity contribution in [3.05, 3.63) is 57.0 Å². The zero-order valence-corrected chi connectivity index (χ0v) is 12.0. The highest BCUT2D eigenvalue weighted by Crippen LogP contribution is 2.12. The molecule has 0 spiro atoms. The van der Waals surface area contributed by atoms with Crippen molar-refractivity contribution >= 4 is 23.3 Å². The maximum absolute atomic E-state index is 11.3. The number of hydrogen-bond donors (Lipinski definition) is 2. The number of H-pyrrole nitrogens is 1. The minimum atomic E-state index is -0.209. The van der Waals surface area contributed by atoms with Gasteiger partial charge >= 0.3 is 0 Å². The number of anilines is 1. The predicted octanol–water partition coefficient (Wildman–Crippen LogP) is 2.96. The van der Waals surface area contributed by atoms with E-state index >= 15 is 0 Å². The highest BCUT2D eigenvalue weighted by atomic mass is 35.5. The molecule has 0 bridgehead atoms. The van der Waals surface area contributed by atoms with Crippen molar-refractivity contribution in [2.75, 3.05) is 5.43 Å². The molecular weight excluding hydrogens is 276 g/mol. The van der Waals surface area contributed by atoms with E-state index in [-0.39, 0.29) is 5.56 Å². The zero-order valence-electron chi connectivity index (χ0n) is 11.3. The third-order valence-corrected chi connectivity index (χ3v) is 2.93. The van der Waals surface area contributed by atoms with Gasteiger partial charge in [-0.15, -0.1) is 0 Å². The van der Waals surface area contributed by atoms with Crippen LogP contribution in [-0.4, -0.2) is 15.7 Å². The lowest BCUT2D eigenvalue weighted by Crippen LogP contribution is -2.12. The van der Waals surface area contributed by atoms with E-state index in [1.807, 2.05) is 31.2 Å². The molecule has 0 atom stereocenters. The van der Waals surface area contributed by atoms with Crippen molar-refractivity contribution in [1.82, 2.24) is 9.97 Å². The monoisotopic (exact) mass is 290 g/mol. The van der Waals surface area contributed by atoms with Crippen LogP contribution in [0.25, 0.3) is 0 Å². The largest absolute Gasteiger partial charge is 0.291 e. The van der Waals surface area contributed by atoms with Gasteiger partial charge in [-0.05, 0) is 31.0 Å². The lowest BCUT2D eigenvalue weighted by atomic mass is 10.1. The number of hydrazone groups is 1. The maximum atomic E-state index is 11.3. The summed E-state index contributed by atoms with van der Waals surface area (Å²) in [7, 11) is 0. The normalized spacial score (nSPS) is 11.4. The highest BCUT2D eigenvalue weighted by molar-refractivity contribution is 6.30. The first-order chi connectivity index (χ1) is 9.58. The number of rotatable bonds is 4. The molecule has 0 saturated carbocycles. The molecule has 2 rings (SSSR count). The molecular formula is C14H15ClN4O. The number of aromatic amines is 1. The molecule has 0 saturated heterocycles. The number of nitrogens with zero attached hydrogens (tertiary/aromatic N) is 2. The number of aromatic nitrogens is 2. The Kier molecular flexibility index (Phi) is 4.53. The molecule has 104 valence electrons. The predicted molar refractivity (Wildman–Crippen MR) is 81.5 cm³/mol. The first-order valence-electron chi connectivity index (χ1n) is 6.25. The van der Waals surface area contributed by atoms with E-state index in [4.69, 9.17) is 11.6 Å². The summed E-state index contributed by atoms with van der Waals surface area (Å²) in [6.07, 6.45) is 0.741. The molecule has 0 aliphatic carbocycles. The summed E-state index contributed by atoms with van der Waals surface area (Å²) in [6, 6.07) is 8.86. The van der Waals surface area contributed by atoms with Crippen molar-refractivity contribution in [3.8, 4) is 0 Å². The van der Waals surface area contributed by atoms with Gasteiger partial charge in [-0.3, -0.25) is 9.78 Å². The summed E-state index contributed by atoms with van der Waals surface area (Å²) in [5, 5.41) is 4.97. The fourth-order valence-electron chi connectivity index (χ4n) is 1.74. The van der Waals surface area contributed by atoms with E-state index in [2.05, 4.69) is 20.5 Å². The fourth-order valence-corrected chi connectivity index (χ4v) is 1.87. The van der Waals surface area contributed by atoms with Crippen molar-refractivity contribution in [2.24, 2.45) is 5.10 Å². The van der Waals surface area contributed by atoms with Crippen LogP contribution in [0.5, 0.6) is 0 Å². The third-order valence-electron chi connectivity index (χ3n) is 2.68. The van der Waals surface area contributed by atoms with Crippen molar-refractivity contribution in [3.63, 3.8) is 0 Å². The lowest BCUT2D eigenvalue weighted by Gasteiger charge is -2.06. The second kappa shape index (κ2) is 6.34. The standard InChI is InChI=1S/C14H15ClN4O/c1-3-12(10-4-6-11(15)7-5-10)18-19-14-16-9(2)8-13(20)17-14/h4-8H,3H2,1-2H3,(H2,16,17,19,20)/b18-12+. The molecule has 1 aromatic heterocycles. The molecule has 20 heavy (non-hydrogen) atoms. The van der Waals surface area contributed by atoms with Crippen LogP contribution in [-0.2, 0) is 0 Å². The SMILES string of the molecule is CC/C(=N\Nc1nc(C)cc(=O)[nH]1)c1ccc(Cl)cc1. The fraction of sp³-hybridized carbons (Fsp3) is 0.214. The van der Waals surface area contributed by atoms with Crippen LogP contribution in [0, 0.1) is 6.92 Å². The quantitative estimate of drug-likeness (QED) is 0.672. The summed E-state index contributed by atoms with van der Waals surface area (Å²) in [5.74, 6) is 0.329. The molecule has 0 fully saturated rings. The average Bonchev–Trinajstić information content (AvgIpc) is 2.40. The van der Waals surface area contributed by atoms with Crippen molar-refractivity contribution in [1.29, 1.82) is 0 Å². The molecule has 0 amide bonds. The summed E-state index contributed by atoms with van der Waals surface area (Å²) >= 11 is 5.86. The Labute approximate surface area is 121 Å². The molecule has 0 radical (unpaired) electrons. The second-order valence-corrected chi connectivity index (χ2v) is 4.70. The van der Waals surface area contributed by atoms with Gasteiger partial charge in [-0.1, -0.05) is 30.7 Å². The first kappa shape index (κ1) is 14.3. The number of nitrogens with one attached hydrogen (secondary N) is 2. The van der Waals surface area contributed by atoms with Crippen LogP contribution in [0.2, 0.25) is 5.02 Å². The Balaban J connectivity index is 2.23. The van der Waals surface area contributed by atoms with Crippen molar-refractivity contribution < 1.29 is 0 Å². The highest BCUT2D eigenvalue weighted by Gasteiger charge is 2.02. The lowest BCUT2D eigenvalue weighted by molar-refractivity contribution is 1.04. The number of benzene rings is 1. The Morgan fingerprint density at radius 3 is 2.70 bits per heavy atom. The maximum Gasteiger partial charge on any atom is 0.252 e. The number of aryl methyl sites for hydroxylation is 1. The second-order valence-electron chi connectivity index (χ2n) is 4.27. The number of hydrogen-bond acceptors (Lipinski definition) is 4. The van der Waals surface area contributed by atoms with E-state index in [9.17, 15) is 4.79 Å². The van der Waals surface area contributed by atoms with Gasteiger partial charge in [0.15, 0.2) is 0 Å². The van der Waals surface area contributed by atoms with Crippen LogP contribution in [0.1, 0.15) is 24.6 Å². The Morgan fingerprint density at radius 1 is 1.40 bits per heavy atom. The molecule has 5 nitrogen and oxygen atoms in total. The molecule has 0 unspecified atom stereocenters.